The second-order valence-electron chi connectivity index (χ2n) is 3.94. The van der Waals surface area contributed by atoms with E-state index in [-0.39, 0.29) is 23.8 Å². The lowest BCUT2D eigenvalue weighted by Gasteiger charge is -2.10. The van der Waals surface area contributed by atoms with Crippen molar-refractivity contribution >= 4 is 21.8 Å². The highest BCUT2D eigenvalue weighted by atomic mass is 79.9. The maximum absolute atomic E-state index is 13.2. The van der Waals surface area contributed by atoms with Crippen LogP contribution >= 0.6 is 15.9 Å². The Balaban J connectivity index is 2.56. The minimum atomic E-state index is -0.686. The topological polar surface area (TPSA) is 29.1 Å². The van der Waals surface area contributed by atoms with Gasteiger partial charge in [-0.25, -0.2) is 8.78 Å². The molecule has 1 atom stereocenters. The first kappa shape index (κ1) is 14.1. The van der Waals surface area contributed by atoms with Gasteiger partial charge in [-0.05, 0) is 18.1 Å². The number of hydrogen-bond acceptors (Lipinski definition) is 1. The molecule has 0 aromatic heterocycles. The summed E-state index contributed by atoms with van der Waals surface area (Å²) in [7, 11) is 0. The van der Waals surface area contributed by atoms with Gasteiger partial charge < -0.3 is 5.32 Å². The van der Waals surface area contributed by atoms with E-state index in [9.17, 15) is 13.6 Å². The van der Waals surface area contributed by atoms with Gasteiger partial charge in [0, 0.05) is 17.4 Å². The van der Waals surface area contributed by atoms with E-state index >= 15 is 0 Å². The maximum Gasteiger partial charge on any atom is 0.224 e. The molecule has 1 amide bonds. The molecule has 5 heteroatoms. The number of amides is 1. The summed E-state index contributed by atoms with van der Waals surface area (Å²) in [6, 6.07) is 3.57. The van der Waals surface area contributed by atoms with Gasteiger partial charge in [0.05, 0.1) is 6.42 Å². The normalized spacial score (nSPS) is 12.2. The maximum atomic E-state index is 13.2. The van der Waals surface area contributed by atoms with E-state index in [1.54, 1.807) is 0 Å². The molecule has 1 aromatic carbocycles. The summed E-state index contributed by atoms with van der Waals surface area (Å²) >= 11 is 3.28. The van der Waals surface area contributed by atoms with Crippen molar-refractivity contribution in [2.75, 3.05) is 11.9 Å². The molecule has 0 fully saturated rings. The first-order chi connectivity index (χ1) is 8.04. The van der Waals surface area contributed by atoms with Crippen molar-refractivity contribution in [3.8, 4) is 0 Å². The molecular formula is C12H14BrF2NO. The number of halogens is 3. The summed E-state index contributed by atoms with van der Waals surface area (Å²) in [5.41, 5.74) is -0.184. The van der Waals surface area contributed by atoms with Gasteiger partial charge in [0.25, 0.3) is 0 Å². The van der Waals surface area contributed by atoms with Crippen LogP contribution in [0.5, 0.6) is 0 Å². The summed E-state index contributed by atoms with van der Waals surface area (Å²) in [5, 5.41) is 3.40. The van der Waals surface area contributed by atoms with Crippen molar-refractivity contribution in [3.63, 3.8) is 0 Å². The molecular weight excluding hydrogens is 292 g/mol. The van der Waals surface area contributed by atoms with Crippen molar-refractivity contribution < 1.29 is 13.6 Å². The van der Waals surface area contributed by atoms with Crippen LogP contribution in [0.25, 0.3) is 0 Å². The molecule has 1 N–H and O–H groups in total. The number of nitrogens with one attached hydrogen (secondary N) is 1. The summed E-state index contributed by atoms with van der Waals surface area (Å²) in [6.07, 6.45) is -0.270. The van der Waals surface area contributed by atoms with Gasteiger partial charge in [-0.2, -0.15) is 0 Å². The third kappa shape index (κ3) is 4.42. The zero-order valence-electron chi connectivity index (χ0n) is 9.47. The quantitative estimate of drug-likeness (QED) is 0.833. The van der Waals surface area contributed by atoms with E-state index < -0.39 is 11.6 Å². The van der Waals surface area contributed by atoms with Crippen molar-refractivity contribution in [2.24, 2.45) is 5.92 Å². The van der Waals surface area contributed by atoms with Gasteiger partial charge in [-0.3, -0.25) is 4.79 Å². The summed E-state index contributed by atoms with van der Waals surface area (Å²) in [4.78, 5) is 11.5. The molecule has 0 saturated carbocycles. The van der Waals surface area contributed by atoms with Crippen LogP contribution in [-0.2, 0) is 11.2 Å². The Morgan fingerprint density at radius 2 is 2.00 bits per heavy atom. The van der Waals surface area contributed by atoms with Gasteiger partial charge in [-0.15, -0.1) is 0 Å². The van der Waals surface area contributed by atoms with Crippen LogP contribution in [0.1, 0.15) is 12.5 Å². The lowest BCUT2D eigenvalue weighted by molar-refractivity contribution is -0.120. The van der Waals surface area contributed by atoms with E-state index in [0.717, 1.165) is 17.5 Å². The smallest absolute Gasteiger partial charge is 0.224 e. The fourth-order valence-electron chi connectivity index (χ4n) is 1.27. The lowest BCUT2D eigenvalue weighted by atomic mass is 10.1. The molecule has 0 saturated heterocycles. The molecule has 0 aliphatic heterocycles. The number of carbonyl (C=O) groups is 1. The zero-order valence-corrected chi connectivity index (χ0v) is 11.1. The van der Waals surface area contributed by atoms with Gasteiger partial charge in [-0.1, -0.05) is 28.9 Å². The largest absolute Gasteiger partial charge is 0.356 e. The predicted molar refractivity (Wildman–Crippen MR) is 66.0 cm³/mol. The Bertz CT molecular complexity index is 378. The fourth-order valence-corrected chi connectivity index (χ4v) is 1.50. The van der Waals surface area contributed by atoms with Crippen LogP contribution in [0.4, 0.5) is 8.78 Å². The van der Waals surface area contributed by atoms with Gasteiger partial charge in [0.2, 0.25) is 5.91 Å². The highest BCUT2D eigenvalue weighted by molar-refractivity contribution is 9.09. The minimum Gasteiger partial charge on any atom is -0.356 e. The average molecular weight is 306 g/mol. The molecule has 0 aliphatic rings. The van der Waals surface area contributed by atoms with Crippen LogP contribution in [-0.4, -0.2) is 17.8 Å². The third-order valence-corrected chi connectivity index (χ3v) is 3.42. The average Bonchev–Trinajstić information content (AvgIpc) is 2.31. The van der Waals surface area contributed by atoms with Crippen molar-refractivity contribution in [1.82, 2.24) is 5.32 Å². The Morgan fingerprint density at radius 1 is 1.41 bits per heavy atom. The Kier molecular flexibility index (Phi) is 5.55. The molecule has 1 unspecified atom stereocenters. The fraction of sp³-hybridized carbons (Fsp3) is 0.417. The number of rotatable bonds is 5. The van der Waals surface area contributed by atoms with E-state index in [1.807, 2.05) is 6.92 Å². The summed E-state index contributed by atoms with van der Waals surface area (Å²) in [5.74, 6) is -1.46. The molecule has 0 aliphatic carbocycles. The summed E-state index contributed by atoms with van der Waals surface area (Å²) in [6.45, 7) is 2.44. The number of alkyl halides is 1. The molecule has 94 valence electrons. The monoisotopic (exact) mass is 305 g/mol. The SMILES string of the molecule is CC(CBr)CNC(=O)Cc1c(F)cccc1F. The molecule has 0 radical (unpaired) electrons. The van der Waals surface area contributed by atoms with Gasteiger partial charge in [0.15, 0.2) is 0 Å². The first-order valence-electron chi connectivity index (χ1n) is 5.30. The Morgan fingerprint density at radius 3 is 2.53 bits per heavy atom. The van der Waals surface area contributed by atoms with Crippen LogP contribution in [0, 0.1) is 17.6 Å². The molecule has 17 heavy (non-hydrogen) atoms. The van der Waals surface area contributed by atoms with Crippen LogP contribution in [0.2, 0.25) is 0 Å². The van der Waals surface area contributed by atoms with Crippen molar-refractivity contribution in [2.45, 2.75) is 13.3 Å². The van der Waals surface area contributed by atoms with E-state index in [0.29, 0.717) is 6.54 Å². The third-order valence-electron chi connectivity index (χ3n) is 2.31. The van der Waals surface area contributed by atoms with Crippen molar-refractivity contribution in [3.05, 3.63) is 35.4 Å². The van der Waals surface area contributed by atoms with Crippen molar-refractivity contribution in [1.29, 1.82) is 0 Å². The Labute approximate surface area is 108 Å². The molecule has 0 bridgehead atoms. The van der Waals surface area contributed by atoms with E-state index in [2.05, 4.69) is 21.2 Å². The molecule has 1 aromatic rings. The molecule has 0 spiro atoms. The first-order valence-corrected chi connectivity index (χ1v) is 6.42. The molecule has 2 nitrogen and oxygen atoms in total. The second-order valence-corrected chi connectivity index (χ2v) is 4.59. The molecule has 0 heterocycles. The van der Waals surface area contributed by atoms with E-state index in [1.165, 1.54) is 6.07 Å². The minimum absolute atomic E-state index is 0.184. The number of carbonyl (C=O) groups excluding carboxylic acids is 1. The summed E-state index contributed by atoms with van der Waals surface area (Å²) < 4.78 is 26.5. The Hall–Kier alpha value is -0.970. The second kappa shape index (κ2) is 6.69. The van der Waals surface area contributed by atoms with Crippen LogP contribution in [0.3, 0.4) is 0 Å². The standard InChI is InChI=1S/C12H14BrF2NO/c1-8(6-13)7-16-12(17)5-9-10(14)3-2-4-11(9)15/h2-4,8H,5-7H2,1H3,(H,16,17). The highest BCUT2D eigenvalue weighted by Gasteiger charge is 2.13. The lowest BCUT2D eigenvalue weighted by Crippen LogP contribution is -2.30. The molecule has 1 rings (SSSR count). The van der Waals surface area contributed by atoms with E-state index in [4.69, 9.17) is 0 Å². The zero-order chi connectivity index (χ0) is 12.8. The number of benzene rings is 1. The highest BCUT2D eigenvalue weighted by Crippen LogP contribution is 2.12. The van der Waals surface area contributed by atoms with Gasteiger partial charge >= 0.3 is 0 Å². The van der Waals surface area contributed by atoms with Crippen LogP contribution in [0.15, 0.2) is 18.2 Å². The van der Waals surface area contributed by atoms with Gasteiger partial charge in [0.1, 0.15) is 11.6 Å². The number of hydrogen-bond donors (Lipinski definition) is 1. The predicted octanol–water partition coefficient (Wildman–Crippen LogP) is 2.65. The van der Waals surface area contributed by atoms with Crippen LogP contribution < -0.4 is 5.32 Å².